The summed E-state index contributed by atoms with van der Waals surface area (Å²) in [6.45, 7) is 0. The Morgan fingerprint density at radius 2 is 1.77 bits per heavy atom. The van der Waals surface area contributed by atoms with Crippen LogP contribution in [0.2, 0.25) is 0 Å². The molecule has 2 aromatic carbocycles. The molecule has 1 saturated carbocycles. The van der Waals surface area contributed by atoms with Crippen molar-refractivity contribution in [2.75, 3.05) is 19.1 Å². The molecule has 0 radical (unpaired) electrons. The van der Waals surface area contributed by atoms with Crippen molar-refractivity contribution in [1.82, 2.24) is 4.98 Å². The summed E-state index contributed by atoms with van der Waals surface area (Å²) in [4.78, 5) is 7.23. The number of fused-ring (bicyclic) bond motifs is 1. The number of benzene rings is 2. The van der Waals surface area contributed by atoms with Gasteiger partial charge in [0.25, 0.3) is 0 Å². The van der Waals surface area contributed by atoms with Crippen molar-refractivity contribution in [3.63, 3.8) is 0 Å². The van der Waals surface area contributed by atoms with Crippen molar-refractivity contribution >= 4 is 16.6 Å². The molecule has 0 N–H and O–H groups in total. The highest BCUT2D eigenvalue weighted by Gasteiger charge is 2.23. The Hall–Kier alpha value is -2.55. The monoisotopic (exact) mass is 346 g/mol. The maximum atomic E-state index is 5.50. The lowest BCUT2D eigenvalue weighted by Gasteiger charge is -2.35. The van der Waals surface area contributed by atoms with E-state index in [1.165, 1.54) is 54.3 Å². The van der Waals surface area contributed by atoms with Gasteiger partial charge < -0.3 is 9.64 Å². The second-order valence-corrected chi connectivity index (χ2v) is 7.17. The number of ether oxygens (including phenoxy) is 1. The van der Waals surface area contributed by atoms with Crippen LogP contribution in [0, 0.1) is 0 Å². The summed E-state index contributed by atoms with van der Waals surface area (Å²) in [5.41, 5.74) is 4.69. The predicted octanol–water partition coefficient (Wildman–Crippen LogP) is 5.68. The maximum Gasteiger partial charge on any atom is 0.119 e. The Bertz CT molecular complexity index is 885. The molecule has 1 aromatic heterocycles. The zero-order valence-corrected chi connectivity index (χ0v) is 15.6. The smallest absolute Gasteiger partial charge is 0.119 e. The molecule has 0 spiro atoms. The van der Waals surface area contributed by atoms with Gasteiger partial charge in [0.15, 0.2) is 0 Å². The van der Waals surface area contributed by atoms with E-state index in [4.69, 9.17) is 9.72 Å². The van der Waals surface area contributed by atoms with Crippen molar-refractivity contribution in [3.05, 3.63) is 54.7 Å². The molecule has 26 heavy (non-hydrogen) atoms. The molecular formula is C23H26N2O. The Morgan fingerprint density at radius 3 is 2.50 bits per heavy atom. The average molecular weight is 346 g/mol. The summed E-state index contributed by atoms with van der Waals surface area (Å²) in [6.07, 6.45) is 8.56. The topological polar surface area (TPSA) is 25.4 Å². The summed E-state index contributed by atoms with van der Waals surface area (Å²) in [7, 11) is 3.97. The van der Waals surface area contributed by atoms with Crippen LogP contribution in [0.1, 0.15) is 32.1 Å². The van der Waals surface area contributed by atoms with Crippen LogP contribution < -0.4 is 9.64 Å². The van der Waals surface area contributed by atoms with E-state index < -0.39 is 0 Å². The predicted molar refractivity (Wildman–Crippen MR) is 109 cm³/mol. The van der Waals surface area contributed by atoms with E-state index in [9.17, 15) is 0 Å². The summed E-state index contributed by atoms with van der Waals surface area (Å²) in [6, 6.07) is 17.3. The van der Waals surface area contributed by atoms with Gasteiger partial charge in [-0.15, -0.1) is 0 Å². The zero-order valence-electron chi connectivity index (χ0n) is 15.6. The summed E-state index contributed by atoms with van der Waals surface area (Å²) in [5, 5.41) is 1.17. The molecule has 3 nitrogen and oxygen atoms in total. The molecule has 3 heteroatoms. The standard InChI is InChI=1S/C23H26N2O/c1-25(18-11-7-4-8-12-18)23-20-15-19(26-2)13-14-22(20)24-16-21(23)17-9-5-3-6-10-17/h3,5-6,9-10,13-16,18H,4,7-8,11-12H2,1-2H3. The molecule has 0 amide bonds. The van der Waals surface area contributed by atoms with Crippen LogP contribution in [0.3, 0.4) is 0 Å². The third-order valence-electron chi connectivity index (χ3n) is 5.61. The molecule has 1 aliphatic rings. The van der Waals surface area contributed by atoms with Gasteiger partial charge in [0, 0.05) is 30.2 Å². The minimum absolute atomic E-state index is 0.586. The van der Waals surface area contributed by atoms with Crippen LogP contribution in [0.5, 0.6) is 5.75 Å². The van der Waals surface area contributed by atoms with E-state index in [-0.39, 0.29) is 0 Å². The van der Waals surface area contributed by atoms with Crippen LogP contribution in [0.15, 0.2) is 54.7 Å². The van der Waals surface area contributed by atoms with Crippen LogP contribution in [0.4, 0.5) is 5.69 Å². The van der Waals surface area contributed by atoms with Gasteiger partial charge in [0.05, 0.1) is 18.3 Å². The maximum absolute atomic E-state index is 5.50. The van der Waals surface area contributed by atoms with Crippen LogP contribution in [0.25, 0.3) is 22.0 Å². The average Bonchev–Trinajstić information content (AvgIpc) is 2.73. The normalized spacial score (nSPS) is 15.2. The molecular weight excluding hydrogens is 320 g/mol. The number of rotatable bonds is 4. The Balaban J connectivity index is 1.92. The molecule has 134 valence electrons. The van der Waals surface area contributed by atoms with Crippen molar-refractivity contribution < 1.29 is 4.74 Å². The van der Waals surface area contributed by atoms with E-state index in [0.29, 0.717) is 6.04 Å². The summed E-state index contributed by atoms with van der Waals surface area (Å²) in [5.74, 6) is 0.878. The van der Waals surface area contributed by atoms with E-state index >= 15 is 0 Å². The first-order valence-electron chi connectivity index (χ1n) is 9.53. The fraction of sp³-hybridized carbons (Fsp3) is 0.348. The van der Waals surface area contributed by atoms with Crippen molar-refractivity contribution in [1.29, 1.82) is 0 Å². The van der Waals surface area contributed by atoms with Gasteiger partial charge in [-0.3, -0.25) is 4.98 Å². The highest BCUT2D eigenvalue weighted by Crippen LogP contribution is 2.39. The van der Waals surface area contributed by atoms with Gasteiger partial charge in [-0.05, 0) is 36.6 Å². The van der Waals surface area contributed by atoms with E-state index in [1.807, 2.05) is 12.3 Å². The lowest BCUT2D eigenvalue weighted by molar-refractivity contribution is 0.415. The molecule has 0 saturated heterocycles. The number of anilines is 1. The van der Waals surface area contributed by atoms with E-state index in [2.05, 4.69) is 54.4 Å². The van der Waals surface area contributed by atoms with Gasteiger partial charge >= 0.3 is 0 Å². The molecule has 3 aromatic rings. The number of hydrogen-bond acceptors (Lipinski definition) is 3. The Labute approximate surface area is 155 Å². The SMILES string of the molecule is COc1ccc2ncc(-c3ccccc3)c(N(C)C3CCCCC3)c2c1. The third-order valence-corrected chi connectivity index (χ3v) is 5.61. The minimum atomic E-state index is 0.586. The van der Waals surface area contributed by atoms with Crippen molar-refractivity contribution in [3.8, 4) is 16.9 Å². The van der Waals surface area contributed by atoms with E-state index in [0.717, 1.165) is 11.3 Å². The first-order chi connectivity index (χ1) is 12.8. The lowest BCUT2D eigenvalue weighted by atomic mass is 9.92. The third kappa shape index (κ3) is 3.14. The number of hydrogen-bond donors (Lipinski definition) is 0. The van der Waals surface area contributed by atoms with Crippen LogP contribution in [-0.4, -0.2) is 25.2 Å². The zero-order chi connectivity index (χ0) is 17.9. The van der Waals surface area contributed by atoms with Gasteiger partial charge in [-0.1, -0.05) is 49.6 Å². The molecule has 0 bridgehead atoms. The van der Waals surface area contributed by atoms with Gasteiger partial charge in [0.2, 0.25) is 0 Å². The molecule has 0 unspecified atom stereocenters. The number of nitrogens with zero attached hydrogens (tertiary/aromatic N) is 2. The van der Waals surface area contributed by atoms with Gasteiger partial charge in [-0.2, -0.15) is 0 Å². The molecule has 0 atom stereocenters. The first-order valence-corrected chi connectivity index (χ1v) is 9.53. The first kappa shape index (κ1) is 16.9. The van der Waals surface area contributed by atoms with Gasteiger partial charge in [0.1, 0.15) is 5.75 Å². The number of pyridine rings is 1. The Kier molecular flexibility index (Phi) is 4.79. The molecule has 1 heterocycles. The molecule has 1 fully saturated rings. The summed E-state index contributed by atoms with van der Waals surface area (Å²) < 4.78 is 5.50. The largest absolute Gasteiger partial charge is 0.497 e. The second kappa shape index (κ2) is 7.36. The van der Waals surface area contributed by atoms with Crippen molar-refractivity contribution in [2.24, 2.45) is 0 Å². The lowest BCUT2D eigenvalue weighted by Crippen LogP contribution is -2.33. The van der Waals surface area contributed by atoms with Crippen LogP contribution >= 0.6 is 0 Å². The fourth-order valence-corrected chi connectivity index (χ4v) is 4.14. The minimum Gasteiger partial charge on any atom is -0.497 e. The molecule has 1 aliphatic carbocycles. The number of methoxy groups -OCH3 is 1. The molecule has 4 rings (SSSR count). The second-order valence-electron chi connectivity index (χ2n) is 7.17. The summed E-state index contributed by atoms with van der Waals surface area (Å²) >= 11 is 0. The number of aromatic nitrogens is 1. The quantitative estimate of drug-likeness (QED) is 0.608. The van der Waals surface area contributed by atoms with Crippen molar-refractivity contribution in [2.45, 2.75) is 38.1 Å². The van der Waals surface area contributed by atoms with E-state index in [1.54, 1.807) is 7.11 Å². The highest BCUT2D eigenvalue weighted by atomic mass is 16.5. The highest BCUT2D eigenvalue weighted by molar-refractivity contribution is 6.00. The molecule has 0 aliphatic heterocycles. The fourth-order valence-electron chi connectivity index (χ4n) is 4.14. The van der Waals surface area contributed by atoms with Gasteiger partial charge in [-0.25, -0.2) is 0 Å². The Morgan fingerprint density at radius 1 is 1.00 bits per heavy atom. The van der Waals surface area contributed by atoms with Crippen LogP contribution in [-0.2, 0) is 0 Å².